The van der Waals surface area contributed by atoms with E-state index in [0.29, 0.717) is 35.0 Å². The van der Waals surface area contributed by atoms with Crippen LogP contribution < -0.4 is 14.2 Å². The Morgan fingerprint density at radius 2 is 1.62 bits per heavy atom. The Hall–Kier alpha value is -3.73. The summed E-state index contributed by atoms with van der Waals surface area (Å²) >= 11 is 0. The van der Waals surface area contributed by atoms with Crippen LogP contribution in [-0.2, 0) is 11.4 Å². The quantitative estimate of drug-likeness (QED) is 0.437. The first-order valence-corrected chi connectivity index (χ1v) is 9.05. The van der Waals surface area contributed by atoms with Gasteiger partial charge in [-0.1, -0.05) is 48.5 Å². The molecular weight excluding hydrogens is 368 g/mol. The fourth-order valence-electron chi connectivity index (χ4n) is 2.84. The van der Waals surface area contributed by atoms with E-state index < -0.39 is 5.97 Å². The van der Waals surface area contributed by atoms with Crippen molar-refractivity contribution in [3.05, 3.63) is 89.5 Å². The molecule has 0 heterocycles. The summed E-state index contributed by atoms with van der Waals surface area (Å²) < 4.78 is 16.4. The van der Waals surface area contributed by atoms with Gasteiger partial charge in [0.25, 0.3) is 0 Å². The highest BCUT2D eigenvalue weighted by molar-refractivity contribution is 6.20. The minimum absolute atomic E-state index is 0.173. The highest BCUT2D eigenvalue weighted by Crippen LogP contribution is 2.31. The van der Waals surface area contributed by atoms with Crippen LogP contribution in [0.1, 0.15) is 16.7 Å². The van der Waals surface area contributed by atoms with Gasteiger partial charge < -0.3 is 19.3 Å². The third kappa shape index (κ3) is 5.17. The predicted octanol–water partition coefficient (Wildman–Crippen LogP) is 4.91. The van der Waals surface area contributed by atoms with Crippen LogP contribution in [0.5, 0.6) is 17.2 Å². The molecule has 0 radical (unpaired) electrons. The molecule has 3 rings (SSSR count). The van der Waals surface area contributed by atoms with E-state index in [1.165, 1.54) is 0 Å². The summed E-state index contributed by atoms with van der Waals surface area (Å²) in [6.07, 6.45) is 1.61. The maximum atomic E-state index is 11.8. The first-order valence-electron chi connectivity index (χ1n) is 9.05. The van der Waals surface area contributed by atoms with E-state index in [4.69, 9.17) is 14.2 Å². The number of hydrogen-bond acceptors (Lipinski definition) is 4. The van der Waals surface area contributed by atoms with Crippen molar-refractivity contribution in [1.82, 2.24) is 0 Å². The van der Waals surface area contributed by atoms with E-state index in [1.807, 2.05) is 30.3 Å². The molecule has 5 nitrogen and oxygen atoms in total. The van der Waals surface area contributed by atoms with Gasteiger partial charge in [0.2, 0.25) is 0 Å². The van der Waals surface area contributed by atoms with Crippen LogP contribution in [0.4, 0.5) is 0 Å². The summed E-state index contributed by atoms with van der Waals surface area (Å²) in [5, 5.41) is 9.68. The Bertz CT molecular complexity index is 992. The van der Waals surface area contributed by atoms with Crippen LogP contribution in [0.3, 0.4) is 0 Å². The van der Waals surface area contributed by atoms with Crippen LogP contribution in [-0.4, -0.2) is 25.3 Å². The molecule has 29 heavy (non-hydrogen) atoms. The van der Waals surface area contributed by atoms with E-state index in [9.17, 15) is 9.90 Å². The molecule has 0 fully saturated rings. The molecule has 0 aliphatic heterocycles. The lowest BCUT2D eigenvalue weighted by atomic mass is 10.0. The number of ether oxygens (including phenoxy) is 3. The van der Waals surface area contributed by atoms with Crippen molar-refractivity contribution in [2.24, 2.45) is 0 Å². The van der Waals surface area contributed by atoms with Crippen molar-refractivity contribution in [2.45, 2.75) is 6.61 Å². The molecule has 0 aliphatic carbocycles. The van der Waals surface area contributed by atoms with Gasteiger partial charge in [-0.05, 0) is 47.0 Å². The van der Waals surface area contributed by atoms with E-state index in [-0.39, 0.29) is 5.57 Å². The van der Waals surface area contributed by atoms with Gasteiger partial charge in [-0.3, -0.25) is 0 Å². The van der Waals surface area contributed by atoms with E-state index >= 15 is 0 Å². The number of benzene rings is 3. The second kappa shape index (κ2) is 9.46. The lowest BCUT2D eigenvalue weighted by Crippen LogP contribution is -2.00. The van der Waals surface area contributed by atoms with Gasteiger partial charge in [0, 0.05) is 0 Å². The van der Waals surface area contributed by atoms with Gasteiger partial charge in [0.15, 0.2) is 11.5 Å². The molecule has 0 amide bonds. The SMILES string of the molecule is COc1ccc(/C(=C/c2ccc(OC)c(OCc3ccccc3)c2)C(=O)O)cc1. The second-order valence-electron chi connectivity index (χ2n) is 6.28. The fraction of sp³-hybridized carbons (Fsp3) is 0.125. The number of carboxylic acid groups (broad SMARTS) is 1. The van der Waals surface area contributed by atoms with Gasteiger partial charge in [0.1, 0.15) is 12.4 Å². The number of aliphatic carboxylic acids is 1. The molecular formula is C24H22O5. The van der Waals surface area contributed by atoms with Crippen molar-refractivity contribution < 1.29 is 24.1 Å². The number of rotatable bonds is 8. The van der Waals surface area contributed by atoms with Crippen LogP contribution >= 0.6 is 0 Å². The molecule has 0 bridgehead atoms. The second-order valence-corrected chi connectivity index (χ2v) is 6.28. The average Bonchev–Trinajstić information content (AvgIpc) is 2.76. The zero-order valence-electron chi connectivity index (χ0n) is 16.3. The maximum absolute atomic E-state index is 11.8. The highest BCUT2D eigenvalue weighted by Gasteiger charge is 2.12. The number of hydrogen-bond donors (Lipinski definition) is 1. The Morgan fingerprint density at radius 1 is 0.897 bits per heavy atom. The molecule has 0 saturated heterocycles. The number of methoxy groups -OCH3 is 2. The van der Waals surface area contributed by atoms with Crippen molar-refractivity contribution in [2.75, 3.05) is 14.2 Å². The molecule has 0 saturated carbocycles. The van der Waals surface area contributed by atoms with Gasteiger partial charge in [-0.2, -0.15) is 0 Å². The summed E-state index contributed by atoms with van der Waals surface area (Å²) in [4.78, 5) is 11.8. The normalized spacial score (nSPS) is 11.0. The van der Waals surface area contributed by atoms with Crippen molar-refractivity contribution >= 4 is 17.6 Å². The van der Waals surface area contributed by atoms with E-state index in [0.717, 1.165) is 5.56 Å². The molecule has 5 heteroatoms. The fourth-order valence-corrected chi connectivity index (χ4v) is 2.84. The highest BCUT2D eigenvalue weighted by atomic mass is 16.5. The predicted molar refractivity (Wildman–Crippen MR) is 112 cm³/mol. The Balaban J connectivity index is 1.90. The topological polar surface area (TPSA) is 65.0 Å². The zero-order chi connectivity index (χ0) is 20.6. The first kappa shape index (κ1) is 20.0. The van der Waals surface area contributed by atoms with Gasteiger partial charge in [0.05, 0.1) is 19.8 Å². The summed E-state index contributed by atoms with van der Waals surface area (Å²) in [6.45, 7) is 0.384. The third-order valence-corrected chi connectivity index (χ3v) is 4.37. The maximum Gasteiger partial charge on any atom is 0.336 e. The Morgan fingerprint density at radius 3 is 2.24 bits per heavy atom. The zero-order valence-corrected chi connectivity index (χ0v) is 16.3. The lowest BCUT2D eigenvalue weighted by Gasteiger charge is -2.12. The first-order chi connectivity index (χ1) is 14.1. The Labute approximate surface area is 169 Å². The molecule has 1 N–H and O–H groups in total. The summed E-state index contributed by atoms with van der Waals surface area (Å²) in [5.74, 6) is 0.779. The van der Waals surface area contributed by atoms with Crippen molar-refractivity contribution in [3.63, 3.8) is 0 Å². The van der Waals surface area contributed by atoms with Crippen LogP contribution in [0.2, 0.25) is 0 Å². The third-order valence-electron chi connectivity index (χ3n) is 4.37. The molecule has 0 atom stereocenters. The van der Waals surface area contributed by atoms with Crippen LogP contribution in [0, 0.1) is 0 Å². The molecule has 0 spiro atoms. The minimum atomic E-state index is -1.02. The molecule has 0 unspecified atom stereocenters. The summed E-state index contributed by atoms with van der Waals surface area (Å²) in [7, 11) is 3.14. The minimum Gasteiger partial charge on any atom is -0.497 e. The largest absolute Gasteiger partial charge is 0.497 e. The van der Waals surface area contributed by atoms with Crippen molar-refractivity contribution in [3.8, 4) is 17.2 Å². The average molecular weight is 390 g/mol. The number of carbonyl (C=O) groups is 1. The van der Waals surface area contributed by atoms with Crippen LogP contribution in [0.15, 0.2) is 72.8 Å². The Kier molecular flexibility index (Phi) is 6.53. The smallest absolute Gasteiger partial charge is 0.336 e. The monoisotopic (exact) mass is 390 g/mol. The van der Waals surface area contributed by atoms with Gasteiger partial charge in [-0.25, -0.2) is 4.79 Å². The van der Waals surface area contributed by atoms with E-state index in [1.54, 1.807) is 62.8 Å². The molecule has 3 aromatic carbocycles. The van der Waals surface area contributed by atoms with E-state index in [2.05, 4.69) is 0 Å². The summed E-state index contributed by atoms with van der Waals surface area (Å²) in [6, 6.07) is 22.0. The standard InChI is InChI=1S/C24H22O5/c1-27-20-11-9-19(10-12-20)21(24(25)26)14-18-8-13-22(28-2)23(15-18)29-16-17-6-4-3-5-7-17/h3-15H,16H2,1-2H3,(H,25,26)/b21-14-. The lowest BCUT2D eigenvalue weighted by molar-refractivity contribution is -0.130. The van der Waals surface area contributed by atoms with Crippen molar-refractivity contribution in [1.29, 1.82) is 0 Å². The van der Waals surface area contributed by atoms with Gasteiger partial charge >= 0.3 is 5.97 Å². The molecule has 3 aromatic rings. The molecule has 148 valence electrons. The van der Waals surface area contributed by atoms with Crippen LogP contribution in [0.25, 0.3) is 11.6 Å². The van der Waals surface area contributed by atoms with Gasteiger partial charge in [-0.15, -0.1) is 0 Å². The number of carboxylic acids is 1. The summed E-state index contributed by atoms with van der Waals surface area (Å²) in [5.41, 5.74) is 2.48. The molecule has 0 aliphatic rings. The molecule has 0 aromatic heterocycles.